The van der Waals surface area contributed by atoms with E-state index < -0.39 is 0 Å². The van der Waals surface area contributed by atoms with Gasteiger partial charge in [0.1, 0.15) is 0 Å². The average Bonchev–Trinajstić information content (AvgIpc) is 3.24. The molecule has 0 spiro atoms. The molecule has 1 aliphatic heterocycles. The van der Waals surface area contributed by atoms with E-state index in [1.165, 1.54) is 38.6 Å². The molecule has 7 nitrogen and oxygen atoms in total. The second kappa shape index (κ2) is 9.96. The van der Waals surface area contributed by atoms with Gasteiger partial charge in [-0.3, -0.25) is 9.69 Å². The summed E-state index contributed by atoms with van der Waals surface area (Å²) in [4.78, 5) is 18.7. The standard InChI is InChI=1S/C22H32N6O/c29-21(27-16-14-26(15-17-27)18-19-8-3-1-4-9-19)12-7-13-28-24-22(23-25-28)20-10-5-2-6-11-20/h2,5-6,10-11,19H,1,3-4,7-9,12-18H2. The van der Waals surface area contributed by atoms with Crippen LogP contribution in [0.4, 0.5) is 0 Å². The van der Waals surface area contributed by atoms with Gasteiger partial charge < -0.3 is 4.90 Å². The van der Waals surface area contributed by atoms with Crippen molar-refractivity contribution in [3.8, 4) is 11.4 Å². The molecule has 0 unspecified atom stereocenters. The molecule has 1 aromatic heterocycles. The summed E-state index contributed by atoms with van der Waals surface area (Å²) in [6.07, 6.45) is 8.28. The lowest BCUT2D eigenvalue weighted by molar-refractivity contribution is -0.133. The van der Waals surface area contributed by atoms with Crippen LogP contribution in [0.2, 0.25) is 0 Å². The molecule has 0 radical (unpaired) electrons. The molecular weight excluding hydrogens is 364 g/mol. The third kappa shape index (κ3) is 5.63. The molecule has 7 heteroatoms. The first-order chi connectivity index (χ1) is 14.3. The Morgan fingerprint density at radius 2 is 1.76 bits per heavy atom. The largest absolute Gasteiger partial charge is 0.340 e. The number of carbonyl (C=O) groups excluding carboxylic acids is 1. The summed E-state index contributed by atoms with van der Waals surface area (Å²) in [6, 6.07) is 9.83. The molecular formula is C22H32N6O. The highest BCUT2D eigenvalue weighted by Gasteiger charge is 2.23. The maximum absolute atomic E-state index is 12.6. The summed E-state index contributed by atoms with van der Waals surface area (Å²) in [5.41, 5.74) is 0.959. The lowest BCUT2D eigenvalue weighted by Gasteiger charge is -2.37. The third-order valence-electron chi connectivity index (χ3n) is 6.20. The van der Waals surface area contributed by atoms with Gasteiger partial charge >= 0.3 is 0 Å². The predicted octanol–water partition coefficient (Wildman–Crippen LogP) is 2.84. The summed E-state index contributed by atoms with van der Waals surface area (Å²) in [7, 11) is 0. The van der Waals surface area contributed by atoms with Crippen molar-refractivity contribution in [2.45, 2.75) is 51.5 Å². The molecule has 1 saturated heterocycles. The molecule has 2 aliphatic rings. The first kappa shape index (κ1) is 20.0. The number of carbonyl (C=O) groups is 1. The van der Waals surface area contributed by atoms with Crippen molar-refractivity contribution in [2.24, 2.45) is 5.92 Å². The SMILES string of the molecule is O=C(CCCn1nnc(-c2ccccc2)n1)N1CCN(CC2CCCCC2)CC1. The second-order valence-electron chi connectivity index (χ2n) is 8.36. The number of tetrazole rings is 1. The third-order valence-corrected chi connectivity index (χ3v) is 6.20. The van der Waals surface area contributed by atoms with Crippen molar-refractivity contribution in [1.29, 1.82) is 0 Å². The Morgan fingerprint density at radius 1 is 1.00 bits per heavy atom. The Labute approximate surface area is 173 Å². The van der Waals surface area contributed by atoms with E-state index in [4.69, 9.17) is 0 Å². The second-order valence-corrected chi connectivity index (χ2v) is 8.36. The molecule has 29 heavy (non-hydrogen) atoms. The lowest BCUT2D eigenvalue weighted by atomic mass is 9.89. The Balaban J connectivity index is 1.16. The highest BCUT2D eigenvalue weighted by molar-refractivity contribution is 5.76. The van der Waals surface area contributed by atoms with Gasteiger partial charge in [-0.1, -0.05) is 49.6 Å². The van der Waals surface area contributed by atoms with Gasteiger partial charge in [0, 0.05) is 44.7 Å². The summed E-state index contributed by atoms with van der Waals surface area (Å²) < 4.78 is 0. The lowest BCUT2D eigenvalue weighted by Crippen LogP contribution is -2.49. The van der Waals surface area contributed by atoms with Gasteiger partial charge in [-0.15, -0.1) is 10.2 Å². The number of amides is 1. The van der Waals surface area contributed by atoms with Crippen LogP contribution in [0.1, 0.15) is 44.9 Å². The van der Waals surface area contributed by atoms with Crippen LogP contribution in [-0.4, -0.2) is 68.6 Å². The van der Waals surface area contributed by atoms with Gasteiger partial charge in [0.15, 0.2) is 0 Å². The fraction of sp³-hybridized carbons (Fsp3) is 0.636. The van der Waals surface area contributed by atoms with Gasteiger partial charge in [-0.05, 0) is 30.4 Å². The van der Waals surface area contributed by atoms with Gasteiger partial charge in [0.2, 0.25) is 11.7 Å². The number of hydrogen-bond acceptors (Lipinski definition) is 5. The minimum Gasteiger partial charge on any atom is -0.340 e. The summed E-state index contributed by atoms with van der Waals surface area (Å²) >= 11 is 0. The monoisotopic (exact) mass is 396 g/mol. The maximum atomic E-state index is 12.6. The van der Waals surface area contributed by atoms with Crippen LogP contribution in [0.15, 0.2) is 30.3 Å². The molecule has 1 aliphatic carbocycles. The van der Waals surface area contributed by atoms with E-state index in [1.54, 1.807) is 4.80 Å². The molecule has 156 valence electrons. The van der Waals surface area contributed by atoms with E-state index in [-0.39, 0.29) is 5.91 Å². The van der Waals surface area contributed by atoms with E-state index in [9.17, 15) is 4.79 Å². The summed E-state index contributed by atoms with van der Waals surface area (Å²) in [6.45, 7) is 5.62. The summed E-state index contributed by atoms with van der Waals surface area (Å²) in [5.74, 6) is 1.76. The van der Waals surface area contributed by atoms with Crippen molar-refractivity contribution in [3.63, 3.8) is 0 Å². The van der Waals surface area contributed by atoms with E-state index in [0.29, 0.717) is 18.8 Å². The zero-order valence-corrected chi connectivity index (χ0v) is 17.2. The number of piperazine rings is 1. The van der Waals surface area contributed by atoms with Gasteiger partial charge in [0.25, 0.3) is 0 Å². The molecule has 2 fully saturated rings. The molecule has 0 atom stereocenters. The Morgan fingerprint density at radius 3 is 2.52 bits per heavy atom. The first-order valence-corrected chi connectivity index (χ1v) is 11.1. The van der Waals surface area contributed by atoms with Gasteiger partial charge in [0.05, 0.1) is 6.54 Å². The quantitative estimate of drug-likeness (QED) is 0.720. The van der Waals surface area contributed by atoms with Crippen molar-refractivity contribution in [3.05, 3.63) is 30.3 Å². The van der Waals surface area contributed by atoms with Crippen LogP contribution in [-0.2, 0) is 11.3 Å². The molecule has 2 aromatic rings. The summed E-state index contributed by atoms with van der Waals surface area (Å²) in [5, 5.41) is 12.6. The number of aromatic nitrogens is 4. The molecule has 4 rings (SSSR count). The van der Waals surface area contributed by atoms with Crippen molar-refractivity contribution in [2.75, 3.05) is 32.7 Å². The van der Waals surface area contributed by atoms with Crippen LogP contribution in [0, 0.1) is 5.92 Å². The van der Waals surface area contributed by atoms with Crippen LogP contribution in [0.25, 0.3) is 11.4 Å². The molecule has 2 heterocycles. The molecule has 0 bridgehead atoms. The highest BCUT2D eigenvalue weighted by Crippen LogP contribution is 2.24. The minimum atomic E-state index is 0.255. The van der Waals surface area contributed by atoms with Crippen LogP contribution in [0.5, 0.6) is 0 Å². The average molecular weight is 397 g/mol. The van der Waals surface area contributed by atoms with Crippen molar-refractivity contribution < 1.29 is 4.79 Å². The van der Waals surface area contributed by atoms with E-state index in [0.717, 1.165) is 44.1 Å². The maximum Gasteiger partial charge on any atom is 0.222 e. The van der Waals surface area contributed by atoms with Crippen LogP contribution in [0.3, 0.4) is 0 Å². The van der Waals surface area contributed by atoms with Crippen molar-refractivity contribution >= 4 is 5.91 Å². The minimum absolute atomic E-state index is 0.255. The molecule has 1 saturated carbocycles. The zero-order valence-electron chi connectivity index (χ0n) is 17.2. The Kier molecular flexibility index (Phi) is 6.87. The fourth-order valence-corrected chi connectivity index (χ4v) is 4.49. The van der Waals surface area contributed by atoms with Crippen LogP contribution >= 0.6 is 0 Å². The number of nitrogens with zero attached hydrogens (tertiary/aromatic N) is 6. The van der Waals surface area contributed by atoms with Crippen molar-refractivity contribution in [1.82, 2.24) is 30.0 Å². The normalized spacial score (nSPS) is 18.8. The number of hydrogen-bond donors (Lipinski definition) is 0. The predicted molar refractivity (Wildman–Crippen MR) is 112 cm³/mol. The molecule has 1 amide bonds. The number of rotatable bonds is 7. The first-order valence-electron chi connectivity index (χ1n) is 11.1. The van der Waals surface area contributed by atoms with Gasteiger partial charge in [-0.2, -0.15) is 4.80 Å². The Bertz CT molecular complexity index is 763. The molecule has 1 aromatic carbocycles. The van der Waals surface area contributed by atoms with E-state index in [1.807, 2.05) is 35.2 Å². The smallest absolute Gasteiger partial charge is 0.222 e. The Hall–Kier alpha value is -2.28. The highest BCUT2D eigenvalue weighted by atomic mass is 16.2. The van der Waals surface area contributed by atoms with E-state index in [2.05, 4.69) is 20.3 Å². The number of aryl methyl sites for hydroxylation is 1. The zero-order chi connectivity index (χ0) is 19.9. The van der Waals surface area contributed by atoms with Gasteiger partial charge in [-0.25, -0.2) is 0 Å². The van der Waals surface area contributed by atoms with E-state index >= 15 is 0 Å². The van der Waals surface area contributed by atoms with Crippen LogP contribution < -0.4 is 0 Å². The topological polar surface area (TPSA) is 67.2 Å². The number of benzene rings is 1. The molecule has 0 N–H and O–H groups in total. The fourth-order valence-electron chi connectivity index (χ4n) is 4.49.